The van der Waals surface area contributed by atoms with Gasteiger partial charge in [0.1, 0.15) is 13.2 Å². The van der Waals surface area contributed by atoms with E-state index in [2.05, 4.69) is 167 Å². The molecule has 0 N–H and O–H groups in total. The summed E-state index contributed by atoms with van der Waals surface area (Å²) in [6.07, 6.45) is 92.9. The van der Waals surface area contributed by atoms with E-state index < -0.39 is 6.10 Å². The van der Waals surface area contributed by atoms with Crippen LogP contribution in [0.3, 0.4) is 0 Å². The Labute approximate surface area is 480 Å². The molecule has 0 saturated carbocycles. The molecule has 0 spiro atoms. The van der Waals surface area contributed by atoms with Crippen LogP contribution in [0.5, 0.6) is 0 Å². The van der Waals surface area contributed by atoms with E-state index in [1.54, 1.807) is 0 Å². The molecule has 0 rings (SSSR count). The number of esters is 3. The summed E-state index contributed by atoms with van der Waals surface area (Å²) >= 11 is 0. The van der Waals surface area contributed by atoms with Gasteiger partial charge in [-0.1, -0.05) is 250 Å². The normalized spacial score (nSPS) is 13.1. The second-order valence-corrected chi connectivity index (χ2v) is 20.6. The maximum atomic E-state index is 12.8. The van der Waals surface area contributed by atoms with Crippen LogP contribution in [0, 0.1) is 0 Å². The zero-order valence-corrected chi connectivity index (χ0v) is 50.4. The minimum absolute atomic E-state index is 0.0972. The van der Waals surface area contributed by atoms with Crippen molar-refractivity contribution in [2.45, 2.75) is 277 Å². The maximum absolute atomic E-state index is 12.8. The number of unbranched alkanes of at least 4 members (excludes halogenated alkanes) is 21. The molecule has 0 aliphatic carbocycles. The average molecular weight is 1080 g/mol. The first-order valence-corrected chi connectivity index (χ1v) is 31.8. The average Bonchev–Trinajstić information content (AvgIpc) is 3.44. The lowest BCUT2D eigenvalue weighted by atomic mass is 10.1. The molecule has 0 aliphatic heterocycles. The Balaban J connectivity index is 4.29. The highest BCUT2D eigenvalue weighted by Gasteiger charge is 2.19. The van der Waals surface area contributed by atoms with Crippen LogP contribution >= 0.6 is 0 Å². The predicted molar refractivity (Wildman–Crippen MR) is 339 cm³/mol. The molecule has 0 bridgehead atoms. The first kappa shape index (κ1) is 73.3. The summed E-state index contributed by atoms with van der Waals surface area (Å²) < 4.78 is 16.8. The topological polar surface area (TPSA) is 78.9 Å². The molecule has 0 aliphatic rings. The molecule has 0 aromatic rings. The fraction of sp³-hybridized carbons (Fsp3) is 0.625. The summed E-state index contributed by atoms with van der Waals surface area (Å²) in [4.78, 5) is 38.1. The first-order valence-electron chi connectivity index (χ1n) is 31.8. The van der Waals surface area contributed by atoms with E-state index in [4.69, 9.17) is 14.2 Å². The fourth-order valence-electron chi connectivity index (χ4n) is 8.28. The summed E-state index contributed by atoms with van der Waals surface area (Å²) in [5.41, 5.74) is 0. The third-order valence-corrected chi connectivity index (χ3v) is 13.0. The Hall–Kier alpha value is -4.71. The summed E-state index contributed by atoms with van der Waals surface area (Å²) in [7, 11) is 0. The van der Waals surface area contributed by atoms with Gasteiger partial charge in [0.2, 0.25) is 0 Å². The van der Waals surface area contributed by atoms with Crippen molar-refractivity contribution in [2.75, 3.05) is 13.2 Å². The van der Waals surface area contributed by atoms with E-state index in [0.29, 0.717) is 19.3 Å². The van der Waals surface area contributed by atoms with Crippen molar-refractivity contribution >= 4 is 17.9 Å². The van der Waals surface area contributed by atoms with Crippen LogP contribution in [0.1, 0.15) is 271 Å². The van der Waals surface area contributed by atoms with Gasteiger partial charge in [-0.3, -0.25) is 14.4 Å². The summed E-state index contributed by atoms with van der Waals surface area (Å²) in [6, 6.07) is 0. The number of rotatable bonds is 56. The van der Waals surface area contributed by atoms with Crippen molar-refractivity contribution in [3.8, 4) is 0 Å². The van der Waals surface area contributed by atoms with Gasteiger partial charge in [0.05, 0.1) is 0 Å². The number of ether oxygens (including phenoxy) is 3. The van der Waals surface area contributed by atoms with Crippen LogP contribution in [-0.4, -0.2) is 37.2 Å². The molecule has 0 radical (unpaired) electrons. The molecular weight excluding hydrogens is 961 g/mol. The van der Waals surface area contributed by atoms with E-state index >= 15 is 0 Å². The largest absolute Gasteiger partial charge is 0.462 e. The van der Waals surface area contributed by atoms with E-state index in [1.165, 1.54) is 70.6 Å². The molecule has 440 valence electrons. The molecule has 0 aromatic carbocycles. The Kier molecular flexibility index (Phi) is 60.9. The SMILES string of the molecule is CC/C=C\C/C=C\C/C=C\C/C=C\C/C=C\C/C=C\C/C=C\C/C=C\C/C=C\C/C=C\CCCCCCC(=O)OCC(COC(=O)CCCCCCC/C=C\CCCCC)OC(=O)CCCCCCC/C=C\CCCCCC. The highest BCUT2D eigenvalue weighted by Crippen LogP contribution is 2.14. The molecule has 6 heteroatoms. The fourth-order valence-corrected chi connectivity index (χ4v) is 8.28. The second-order valence-electron chi connectivity index (χ2n) is 20.6. The van der Waals surface area contributed by atoms with Crippen molar-refractivity contribution in [2.24, 2.45) is 0 Å². The van der Waals surface area contributed by atoms with Crippen LogP contribution in [0.4, 0.5) is 0 Å². The van der Waals surface area contributed by atoms with Crippen molar-refractivity contribution in [3.63, 3.8) is 0 Å². The van der Waals surface area contributed by atoms with Crippen LogP contribution in [0.2, 0.25) is 0 Å². The molecule has 0 fully saturated rings. The van der Waals surface area contributed by atoms with E-state index in [0.717, 1.165) is 161 Å². The van der Waals surface area contributed by atoms with Gasteiger partial charge in [0.15, 0.2) is 6.10 Å². The smallest absolute Gasteiger partial charge is 0.306 e. The van der Waals surface area contributed by atoms with Crippen LogP contribution < -0.4 is 0 Å². The lowest BCUT2D eigenvalue weighted by Crippen LogP contribution is -2.30. The Morgan fingerprint density at radius 1 is 0.269 bits per heavy atom. The van der Waals surface area contributed by atoms with Crippen molar-refractivity contribution in [1.29, 1.82) is 0 Å². The minimum atomic E-state index is -0.801. The molecule has 1 atom stereocenters. The summed E-state index contributed by atoms with van der Waals surface area (Å²) in [5.74, 6) is -0.943. The van der Waals surface area contributed by atoms with E-state index in [1.807, 2.05) is 0 Å². The standard InChI is InChI=1S/C72H116O6/c1-4-7-10-13-16-19-22-25-26-27-28-29-30-31-32-33-34-35-36-37-38-39-40-41-42-43-44-45-46-48-50-53-56-59-62-65-71(74)77-68-69(67-76-70(73)64-61-58-55-52-49-24-21-18-15-12-9-6-3)78-72(75)66-63-60-57-54-51-47-23-20-17-14-11-8-5-2/h7,10,16,18-21,23,25-26,28-29,31-32,34-35,37-38,40-41,43-44,46,48,69H,4-6,8-9,11-15,17,22,24,27,30,33,36,39,42,45,47,49-68H2,1-3H3/b10-7-,19-16-,21-18-,23-20-,26-25-,29-28-,32-31-,35-34-,38-37-,41-40-,44-43-,48-46-. The van der Waals surface area contributed by atoms with Crippen LogP contribution in [0.15, 0.2) is 146 Å². The predicted octanol–water partition coefficient (Wildman–Crippen LogP) is 21.9. The molecule has 0 heterocycles. The Morgan fingerprint density at radius 2 is 0.500 bits per heavy atom. The lowest BCUT2D eigenvalue weighted by Gasteiger charge is -2.18. The number of carbonyl (C=O) groups excluding carboxylic acids is 3. The van der Waals surface area contributed by atoms with Gasteiger partial charge in [0.25, 0.3) is 0 Å². The maximum Gasteiger partial charge on any atom is 0.306 e. The molecule has 6 nitrogen and oxygen atoms in total. The monoisotopic (exact) mass is 1080 g/mol. The highest BCUT2D eigenvalue weighted by molar-refractivity contribution is 5.71. The van der Waals surface area contributed by atoms with E-state index in [9.17, 15) is 14.4 Å². The van der Waals surface area contributed by atoms with Gasteiger partial charge in [0, 0.05) is 19.3 Å². The summed E-state index contributed by atoms with van der Waals surface area (Å²) in [6.45, 7) is 6.44. The molecule has 0 saturated heterocycles. The van der Waals surface area contributed by atoms with E-state index in [-0.39, 0.29) is 31.1 Å². The highest BCUT2D eigenvalue weighted by atomic mass is 16.6. The van der Waals surface area contributed by atoms with Crippen LogP contribution in [-0.2, 0) is 28.6 Å². The van der Waals surface area contributed by atoms with Crippen molar-refractivity contribution in [3.05, 3.63) is 146 Å². The zero-order valence-electron chi connectivity index (χ0n) is 50.4. The van der Waals surface area contributed by atoms with Gasteiger partial charge < -0.3 is 14.2 Å². The molecule has 0 amide bonds. The van der Waals surface area contributed by atoms with Crippen molar-refractivity contribution < 1.29 is 28.6 Å². The number of carbonyl (C=O) groups is 3. The quantitative estimate of drug-likeness (QED) is 0.0261. The van der Waals surface area contributed by atoms with Crippen molar-refractivity contribution in [1.82, 2.24) is 0 Å². The Morgan fingerprint density at radius 3 is 0.821 bits per heavy atom. The third-order valence-electron chi connectivity index (χ3n) is 13.0. The summed E-state index contributed by atoms with van der Waals surface area (Å²) in [5, 5.41) is 0. The van der Waals surface area contributed by atoms with Gasteiger partial charge in [-0.25, -0.2) is 0 Å². The van der Waals surface area contributed by atoms with Crippen LogP contribution in [0.25, 0.3) is 0 Å². The molecular formula is C72H116O6. The zero-order chi connectivity index (χ0) is 56.4. The van der Waals surface area contributed by atoms with Gasteiger partial charge in [-0.05, 0) is 148 Å². The number of hydrogen-bond donors (Lipinski definition) is 0. The second kappa shape index (κ2) is 64.8. The van der Waals surface area contributed by atoms with Gasteiger partial charge >= 0.3 is 17.9 Å². The third kappa shape index (κ3) is 62.1. The molecule has 1 unspecified atom stereocenters. The molecule has 78 heavy (non-hydrogen) atoms. The van der Waals surface area contributed by atoms with Gasteiger partial charge in [-0.2, -0.15) is 0 Å². The van der Waals surface area contributed by atoms with Gasteiger partial charge in [-0.15, -0.1) is 0 Å². The number of allylic oxidation sites excluding steroid dienone is 24. The molecule has 0 aromatic heterocycles. The minimum Gasteiger partial charge on any atom is -0.462 e. The number of hydrogen-bond acceptors (Lipinski definition) is 6. The lowest BCUT2D eigenvalue weighted by molar-refractivity contribution is -0.167. The first-order chi connectivity index (χ1) is 38.5. The Bertz CT molecular complexity index is 1710.